The number of rotatable bonds is 4. The zero-order chi connectivity index (χ0) is 11.3. The van der Waals surface area contributed by atoms with E-state index >= 15 is 0 Å². The van der Waals surface area contributed by atoms with Crippen LogP contribution in [-0.4, -0.2) is 25.0 Å². The fourth-order valence-corrected chi connectivity index (χ4v) is 1.94. The lowest BCUT2D eigenvalue weighted by Crippen LogP contribution is -2.48. The molecule has 86 valence electrons. The van der Waals surface area contributed by atoms with E-state index in [1.807, 2.05) is 0 Å². The number of carbonyl (C=O) groups is 1. The molecule has 1 amide bonds. The minimum Gasteiger partial charge on any atom is -0.350 e. The van der Waals surface area contributed by atoms with Gasteiger partial charge in [-0.2, -0.15) is 0 Å². The largest absolute Gasteiger partial charge is 0.350 e. The summed E-state index contributed by atoms with van der Waals surface area (Å²) in [6.07, 6.45) is 3.24. The third kappa shape index (κ3) is 4.22. The summed E-state index contributed by atoms with van der Waals surface area (Å²) in [5.41, 5.74) is 0. The summed E-state index contributed by atoms with van der Waals surface area (Å²) < 4.78 is 0. The highest BCUT2D eigenvalue weighted by Crippen LogP contribution is 2.19. The molecule has 3 nitrogen and oxygen atoms in total. The maximum Gasteiger partial charge on any atom is 0.237 e. The van der Waals surface area contributed by atoms with Gasteiger partial charge in [0.2, 0.25) is 5.91 Å². The number of nitrogens with one attached hydrogen (secondary N) is 2. The zero-order valence-electron chi connectivity index (χ0n) is 9.18. The van der Waals surface area contributed by atoms with Crippen molar-refractivity contribution in [3.63, 3.8) is 0 Å². The highest BCUT2D eigenvalue weighted by molar-refractivity contribution is 6.29. The van der Waals surface area contributed by atoms with E-state index in [9.17, 15) is 4.79 Å². The minimum atomic E-state index is -0.0558. The van der Waals surface area contributed by atoms with Gasteiger partial charge in [-0.15, -0.1) is 0 Å². The lowest BCUT2D eigenvalue weighted by molar-refractivity contribution is -0.123. The van der Waals surface area contributed by atoms with E-state index in [1.165, 1.54) is 6.42 Å². The van der Waals surface area contributed by atoms with Gasteiger partial charge in [-0.3, -0.25) is 4.79 Å². The van der Waals surface area contributed by atoms with E-state index < -0.39 is 0 Å². The van der Waals surface area contributed by atoms with Gasteiger partial charge >= 0.3 is 0 Å². The van der Waals surface area contributed by atoms with Gasteiger partial charge in [0.25, 0.3) is 0 Å². The fraction of sp³-hybridized carbons (Fsp3) is 0.727. The van der Waals surface area contributed by atoms with Gasteiger partial charge in [0.05, 0.1) is 12.6 Å². The molecule has 0 radical (unpaired) electrons. The van der Waals surface area contributed by atoms with Crippen LogP contribution in [0, 0.1) is 5.92 Å². The molecular weight excluding hydrogens is 212 g/mol. The summed E-state index contributed by atoms with van der Waals surface area (Å²) in [4.78, 5) is 11.7. The summed E-state index contributed by atoms with van der Waals surface area (Å²) >= 11 is 5.59. The number of carbonyl (C=O) groups excluding carboxylic acids is 1. The van der Waals surface area contributed by atoms with Crippen LogP contribution in [0.25, 0.3) is 0 Å². The van der Waals surface area contributed by atoms with Crippen LogP contribution in [0.2, 0.25) is 0 Å². The summed E-state index contributed by atoms with van der Waals surface area (Å²) in [5, 5.41) is 6.45. The van der Waals surface area contributed by atoms with Crippen molar-refractivity contribution in [3.05, 3.63) is 11.6 Å². The number of hydrogen-bond donors (Lipinski definition) is 2. The molecule has 0 saturated carbocycles. The quantitative estimate of drug-likeness (QED) is 0.771. The lowest BCUT2D eigenvalue weighted by atomic mass is 9.90. The second-order valence-corrected chi connectivity index (χ2v) is 4.57. The Labute approximate surface area is 96.3 Å². The molecule has 0 aromatic carbocycles. The van der Waals surface area contributed by atoms with Crippen molar-refractivity contribution in [2.45, 2.75) is 32.2 Å². The van der Waals surface area contributed by atoms with Gasteiger partial charge < -0.3 is 10.6 Å². The Morgan fingerprint density at radius 3 is 3.00 bits per heavy atom. The van der Waals surface area contributed by atoms with E-state index in [0.29, 0.717) is 17.5 Å². The summed E-state index contributed by atoms with van der Waals surface area (Å²) in [5.74, 6) is 0.705. The smallest absolute Gasteiger partial charge is 0.237 e. The molecule has 1 saturated heterocycles. The first-order valence-corrected chi connectivity index (χ1v) is 5.85. The standard InChI is InChI=1S/C11H19ClN2O/c1-3-9-4-5-13-10(6-9)11(15)14-7-8(2)12/h9-10,13H,2-7H2,1H3,(H,14,15). The molecule has 0 aromatic heterocycles. The van der Waals surface area contributed by atoms with E-state index in [0.717, 1.165) is 19.4 Å². The van der Waals surface area contributed by atoms with Gasteiger partial charge in [0.1, 0.15) is 0 Å². The van der Waals surface area contributed by atoms with Crippen LogP contribution in [0.4, 0.5) is 0 Å². The minimum absolute atomic E-state index is 0.0370. The molecule has 0 bridgehead atoms. The summed E-state index contributed by atoms with van der Waals surface area (Å²) in [7, 11) is 0. The van der Waals surface area contributed by atoms with Crippen LogP contribution in [0.1, 0.15) is 26.2 Å². The molecule has 1 aliphatic heterocycles. The van der Waals surface area contributed by atoms with Crippen LogP contribution in [-0.2, 0) is 4.79 Å². The van der Waals surface area contributed by atoms with Crippen molar-refractivity contribution >= 4 is 17.5 Å². The fourth-order valence-electron chi connectivity index (χ4n) is 1.87. The van der Waals surface area contributed by atoms with Crippen LogP contribution < -0.4 is 10.6 Å². The SMILES string of the molecule is C=C(Cl)CNC(=O)C1CC(CC)CCN1. The molecule has 1 aliphatic rings. The van der Waals surface area contributed by atoms with E-state index in [1.54, 1.807) is 0 Å². The molecule has 1 fully saturated rings. The highest BCUT2D eigenvalue weighted by Gasteiger charge is 2.25. The topological polar surface area (TPSA) is 41.1 Å². The number of hydrogen-bond acceptors (Lipinski definition) is 2. The van der Waals surface area contributed by atoms with Crippen molar-refractivity contribution < 1.29 is 4.79 Å². The molecule has 2 unspecified atom stereocenters. The Hall–Kier alpha value is -0.540. The van der Waals surface area contributed by atoms with Crippen molar-refractivity contribution in [2.75, 3.05) is 13.1 Å². The predicted molar refractivity (Wildman–Crippen MR) is 62.8 cm³/mol. The molecule has 0 aromatic rings. The third-order valence-electron chi connectivity index (χ3n) is 2.86. The third-order valence-corrected chi connectivity index (χ3v) is 2.99. The second-order valence-electron chi connectivity index (χ2n) is 4.04. The molecule has 1 rings (SSSR count). The summed E-state index contributed by atoms with van der Waals surface area (Å²) in [6, 6.07) is -0.0558. The van der Waals surface area contributed by atoms with Crippen LogP contribution in [0.15, 0.2) is 11.6 Å². The summed E-state index contributed by atoms with van der Waals surface area (Å²) in [6.45, 7) is 6.99. The zero-order valence-corrected chi connectivity index (χ0v) is 9.94. The molecule has 4 heteroatoms. The number of amides is 1. The molecular formula is C11H19ClN2O. The van der Waals surface area contributed by atoms with E-state index in [4.69, 9.17) is 11.6 Å². The monoisotopic (exact) mass is 230 g/mol. The van der Waals surface area contributed by atoms with Crippen LogP contribution >= 0.6 is 11.6 Å². The number of piperidine rings is 1. The van der Waals surface area contributed by atoms with Gasteiger partial charge in [-0.05, 0) is 25.3 Å². The normalized spacial score (nSPS) is 26.0. The van der Waals surface area contributed by atoms with Gasteiger partial charge in [-0.1, -0.05) is 31.5 Å². The van der Waals surface area contributed by atoms with E-state index in [2.05, 4.69) is 24.1 Å². The maximum absolute atomic E-state index is 11.7. The van der Waals surface area contributed by atoms with Crippen molar-refractivity contribution in [1.29, 1.82) is 0 Å². The Morgan fingerprint density at radius 2 is 2.40 bits per heavy atom. The van der Waals surface area contributed by atoms with Crippen LogP contribution in [0.5, 0.6) is 0 Å². The average Bonchev–Trinajstić information content (AvgIpc) is 2.26. The Kier molecular flexibility index (Phi) is 5.12. The van der Waals surface area contributed by atoms with Crippen molar-refractivity contribution in [3.8, 4) is 0 Å². The van der Waals surface area contributed by atoms with Gasteiger partial charge in [0, 0.05) is 5.03 Å². The first kappa shape index (κ1) is 12.5. The molecule has 1 heterocycles. The van der Waals surface area contributed by atoms with Crippen molar-refractivity contribution in [1.82, 2.24) is 10.6 Å². The molecule has 2 atom stereocenters. The molecule has 0 aliphatic carbocycles. The Morgan fingerprint density at radius 1 is 1.67 bits per heavy atom. The average molecular weight is 231 g/mol. The molecule has 15 heavy (non-hydrogen) atoms. The molecule has 2 N–H and O–H groups in total. The maximum atomic E-state index is 11.7. The van der Waals surface area contributed by atoms with Crippen molar-refractivity contribution in [2.24, 2.45) is 5.92 Å². The lowest BCUT2D eigenvalue weighted by Gasteiger charge is -2.28. The number of halogens is 1. The van der Waals surface area contributed by atoms with Crippen LogP contribution in [0.3, 0.4) is 0 Å². The molecule has 0 spiro atoms. The first-order chi connectivity index (χ1) is 7.13. The second kappa shape index (κ2) is 6.13. The predicted octanol–water partition coefficient (Wildman–Crippen LogP) is 1.63. The highest BCUT2D eigenvalue weighted by atomic mass is 35.5. The van der Waals surface area contributed by atoms with Gasteiger partial charge in [0.15, 0.2) is 0 Å². The Bertz CT molecular complexity index is 243. The van der Waals surface area contributed by atoms with E-state index in [-0.39, 0.29) is 11.9 Å². The van der Waals surface area contributed by atoms with Gasteiger partial charge in [-0.25, -0.2) is 0 Å². The first-order valence-electron chi connectivity index (χ1n) is 5.47. The Balaban J connectivity index is 2.35.